The molecule has 0 aliphatic rings. The Balaban J connectivity index is 2.80. The van der Waals surface area contributed by atoms with Crippen LogP contribution in [0.15, 0.2) is 5.38 Å². The fraction of sp³-hybridized carbons (Fsp3) is 0.143. The van der Waals surface area contributed by atoms with Gasteiger partial charge in [0.15, 0.2) is 11.3 Å². The van der Waals surface area contributed by atoms with Gasteiger partial charge in [0, 0.05) is 5.38 Å². The molecule has 1 aromatic rings. The maximum absolute atomic E-state index is 9.81. The van der Waals surface area contributed by atoms with Crippen molar-refractivity contribution in [3.63, 3.8) is 0 Å². The minimum Gasteiger partial charge on any atom is -0.390 e. The molecule has 3 nitrogen and oxygen atoms in total. The maximum atomic E-state index is 9.81. The molecule has 0 fully saturated rings. The molecule has 1 heterocycles. The highest BCUT2D eigenvalue weighted by Gasteiger charge is 1.95. The van der Waals surface area contributed by atoms with E-state index in [0.717, 1.165) is 0 Å². The predicted octanol–water partition coefficient (Wildman–Crippen LogP) is 0.186. The third kappa shape index (κ3) is 2.15. The molecule has 1 N–H and O–H groups in total. The summed E-state index contributed by atoms with van der Waals surface area (Å²) in [5.74, 6) is 4.76. The Morgan fingerprint density at radius 1 is 1.82 bits per heavy atom. The molecule has 0 aromatic carbocycles. The number of carbonyl (C=O) groups is 1. The fourth-order valence-corrected chi connectivity index (χ4v) is 1.19. The maximum Gasteiger partial charge on any atom is 0.193 e. The third-order valence-electron chi connectivity index (χ3n) is 0.952. The molecule has 0 saturated heterocycles. The summed E-state index contributed by atoms with van der Waals surface area (Å²) >= 11 is 1.31. The molecule has 0 atom stereocenters. The van der Waals surface area contributed by atoms with E-state index in [9.17, 15) is 4.79 Å². The van der Waals surface area contributed by atoms with Crippen LogP contribution < -0.4 is 0 Å². The molecule has 0 radical (unpaired) electrons. The number of aldehydes is 1. The fourth-order valence-electron chi connectivity index (χ4n) is 0.528. The van der Waals surface area contributed by atoms with Crippen LogP contribution in [0.1, 0.15) is 10.7 Å². The van der Waals surface area contributed by atoms with E-state index < -0.39 is 0 Å². The third-order valence-corrected chi connectivity index (χ3v) is 1.76. The van der Waals surface area contributed by atoms with Crippen LogP contribution in [0, 0.1) is 11.8 Å². The number of carbonyl (C=O) groups excluding carboxylic acids is 1. The average Bonchev–Trinajstić information content (AvgIpc) is 2.48. The van der Waals surface area contributed by atoms with Crippen LogP contribution in [-0.4, -0.2) is 16.4 Å². The Hall–Kier alpha value is -1.18. The summed E-state index contributed by atoms with van der Waals surface area (Å²) in [7, 11) is 0. The van der Waals surface area contributed by atoms with Crippen LogP contribution >= 0.6 is 11.3 Å². The Morgan fingerprint density at radius 3 is 3.18 bits per heavy atom. The highest BCUT2D eigenvalue weighted by Crippen LogP contribution is 2.07. The molecule has 0 unspecified atom stereocenters. The predicted molar refractivity (Wildman–Crippen MR) is 41.0 cm³/mol. The normalized spacial score (nSPS) is 8.45. The topological polar surface area (TPSA) is 50.2 Å². The first kappa shape index (κ1) is 7.92. The molecular weight excluding hydrogens is 162 g/mol. The van der Waals surface area contributed by atoms with E-state index in [1.54, 1.807) is 5.38 Å². The number of hydrogen-bond acceptors (Lipinski definition) is 4. The molecule has 0 bridgehead atoms. The van der Waals surface area contributed by atoms with Gasteiger partial charge in [-0.3, -0.25) is 4.79 Å². The van der Waals surface area contributed by atoms with Gasteiger partial charge < -0.3 is 5.11 Å². The monoisotopic (exact) mass is 167 g/mol. The summed E-state index contributed by atoms with van der Waals surface area (Å²) < 4.78 is 0. The van der Waals surface area contributed by atoms with Crippen LogP contribution in [0.5, 0.6) is 0 Å². The van der Waals surface area contributed by atoms with E-state index in [-0.39, 0.29) is 6.61 Å². The van der Waals surface area contributed by atoms with E-state index in [1.165, 1.54) is 11.3 Å². The molecular formula is C7H5NO2S. The summed E-state index contributed by atoms with van der Waals surface area (Å²) in [6.45, 7) is -0.0841. The molecule has 0 aliphatic heterocycles. The molecule has 0 aliphatic carbocycles. The van der Waals surface area contributed by atoms with Gasteiger partial charge in [0.2, 0.25) is 0 Å². The lowest BCUT2D eigenvalue weighted by molar-refractivity contribution is -0.103. The quantitative estimate of drug-likeness (QED) is 0.479. The van der Waals surface area contributed by atoms with Crippen LogP contribution in [0.4, 0.5) is 0 Å². The van der Waals surface area contributed by atoms with Crippen molar-refractivity contribution in [2.24, 2.45) is 0 Å². The molecule has 0 spiro atoms. The second-order valence-electron chi connectivity index (χ2n) is 1.69. The zero-order valence-corrected chi connectivity index (χ0v) is 6.39. The van der Waals surface area contributed by atoms with Crippen molar-refractivity contribution in [2.45, 2.75) is 6.61 Å². The van der Waals surface area contributed by atoms with E-state index in [0.29, 0.717) is 17.0 Å². The van der Waals surface area contributed by atoms with Crippen molar-refractivity contribution < 1.29 is 9.90 Å². The number of hydrogen-bond donors (Lipinski definition) is 1. The Labute approximate surface area is 67.7 Å². The van der Waals surface area contributed by atoms with E-state index in [1.807, 2.05) is 0 Å². The van der Waals surface area contributed by atoms with Crippen LogP contribution in [0.25, 0.3) is 0 Å². The second kappa shape index (κ2) is 3.86. The van der Waals surface area contributed by atoms with Crippen molar-refractivity contribution in [3.05, 3.63) is 16.1 Å². The number of aliphatic hydroxyl groups excluding tert-OH is 1. The number of nitrogens with zero attached hydrogens (tertiary/aromatic N) is 1. The van der Waals surface area contributed by atoms with Crippen LogP contribution in [-0.2, 0) is 11.4 Å². The van der Waals surface area contributed by atoms with Crippen LogP contribution in [0.3, 0.4) is 0 Å². The van der Waals surface area contributed by atoms with Crippen molar-refractivity contribution >= 4 is 17.6 Å². The Morgan fingerprint density at radius 2 is 2.64 bits per heavy atom. The van der Waals surface area contributed by atoms with Gasteiger partial charge in [0.05, 0.1) is 12.3 Å². The minimum atomic E-state index is -0.0841. The molecule has 11 heavy (non-hydrogen) atoms. The molecule has 4 heteroatoms. The van der Waals surface area contributed by atoms with E-state index >= 15 is 0 Å². The summed E-state index contributed by atoms with van der Waals surface area (Å²) in [5, 5.41) is 10.9. The highest BCUT2D eigenvalue weighted by molar-refractivity contribution is 7.10. The van der Waals surface area contributed by atoms with Crippen molar-refractivity contribution in [1.29, 1.82) is 0 Å². The van der Waals surface area contributed by atoms with Gasteiger partial charge in [0.1, 0.15) is 0 Å². The first-order valence-corrected chi connectivity index (χ1v) is 3.75. The van der Waals surface area contributed by atoms with Gasteiger partial charge in [-0.05, 0) is 11.8 Å². The lowest BCUT2D eigenvalue weighted by Crippen LogP contribution is -1.81. The molecule has 56 valence electrons. The van der Waals surface area contributed by atoms with Gasteiger partial charge in [-0.15, -0.1) is 11.3 Å². The average molecular weight is 167 g/mol. The zero-order valence-electron chi connectivity index (χ0n) is 5.57. The van der Waals surface area contributed by atoms with Crippen LogP contribution in [0.2, 0.25) is 0 Å². The lowest BCUT2D eigenvalue weighted by Gasteiger charge is -1.79. The summed E-state index contributed by atoms with van der Waals surface area (Å²) in [6, 6.07) is 0. The second-order valence-corrected chi connectivity index (χ2v) is 2.55. The Bertz CT molecular complexity index is 308. The number of aromatic nitrogens is 1. The van der Waals surface area contributed by atoms with E-state index in [4.69, 9.17) is 5.11 Å². The van der Waals surface area contributed by atoms with Gasteiger partial charge >= 0.3 is 0 Å². The zero-order chi connectivity index (χ0) is 8.10. The summed E-state index contributed by atoms with van der Waals surface area (Å²) in [6.07, 6.45) is 0.514. The van der Waals surface area contributed by atoms with Gasteiger partial charge in [-0.1, -0.05) is 0 Å². The van der Waals surface area contributed by atoms with Gasteiger partial charge in [-0.2, -0.15) is 0 Å². The van der Waals surface area contributed by atoms with Gasteiger partial charge in [0.25, 0.3) is 0 Å². The Kier molecular flexibility index (Phi) is 2.78. The standard InChI is InChI=1S/C7H5NO2S/c9-3-1-2-7-8-6(4-10)5-11-7/h3,5,10H,4H2. The molecule has 0 saturated carbocycles. The summed E-state index contributed by atoms with van der Waals surface area (Å²) in [4.78, 5) is 13.7. The molecule has 0 amide bonds. The van der Waals surface area contributed by atoms with Crippen molar-refractivity contribution in [3.8, 4) is 11.8 Å². The number of thiazole rings is 1. The summed E-state index contributed by atoms with van der Waals surface area (Å²) in [5.41, 5.74) is 0.588. The van der Waals surface area contributed by atoms with E-state index in [2.05, 4.69) is 16.8 Å². The smallest absolute Gasteiger partial charge is 0.193 e. The van der Waals surface area contributed by atoms with Crippen molar-refractivity contribution in [1.82, 2.24) is 4.98 Å². The minimum absolute atomic E-state index is 0.0841. The van der Waals surface area contributed by atoms with Gasteiger partial charge in [-0.25, -0.2) is 4.98 Å². The number of rotatable bonds is 1. The largest absolute Gasteiger partial charge is 0.390 e. The molecule has 1 aromatic heterocycles. The number of aliphatic hydroxyl groups is 1. The van der Waals surface area contributed by atoms with Crippen molar-refractivity contribution in [2.75, 3.05) is 0 Å². The molecule has 1 rings (SSSR count). The first-order chi connectivity index (χ1) is 5.36. The first-order valence-electron chi connectivity index (χ1n) is 2.87. The lowest BCUT2D eigenvalue weighted by atomic mass is 10.5. The SMILES string of the molecule is O=CC#Cc1nc(CO)cs1. The highest BCUT2D eigenvalue weighted by atomic mass is 32.1.